The largest absolute Gasteiger partial charge is 0.389 e. The molecule has 0 aromatic rings. The Bertz CT molecular complexity index is 179. The first-order valence-corrected chi connectivity index (χ1v) is 4.41. The minimum Gasteiger partial charge on any atom is -0.389 e. The second-order valence-electron chi connectivity index (χ2n) is 3.89. The number of aliphatic hydroxyl groups is 1. The molecule has 0 aliphatic carbocycles. The van der Waals surface area contributed by atoms with Gasteiger partial charge in [-0.05, 0) is 20.9 Å². The topological polar surface area (TPSA) is 87.8 Å². The molecule has 0 heterocycles. The smallest absolute Gasteiger partial charge is 0.327 e. The van der Waals surface area contributed by atoms with Gasteiger partial charge in [-0.3, -0.25) is 4.79 Å². The lowest BCUT2D eigenvalue weighted by Gasteiger charge is -2.24. The summed E-state index contributed by atoms with van der Waals surface area (Å²) in [7, 11) is 1.82. The van der Waals surface area contributed by atoms with E-state index in [1.165, 1.54) is 0 Å². The molecule has 0 fully saturated rings. The number of nitrogens with zero attached hydrogens (tertiary/aromatic N) is 1. The summed E-state index contributed by atoms with van der Waals surface area (Å²) in [5.74, 6) is 4.37. The van der Waals surface area contributed by atoms with E-state index in [2.05, 4.69) is 4.84 Å². The van der Waals surface area contributed by atoms with E-state index in [-0.39, 0.29) is 6.42 Å². The Morgan fingerprint density at radius 1 is 1.64 bits per heavy atom. The molecule has 0 aromatic carbocycles. The fourth-order valence-corrected chi connectivity index (χ4v) is 1.14. The fraction of sp³-hybridized carbons (Fsp3) is 0.875. The molecule has 0 rings (SSSR count). The molecule has 0 aliphatic rings. The molecule has 6 nitrogen and oxygen atoms in total. The zero-order chi connectivity index (χ0) is 11.2. The summed E-state index contributed by atoms with van der Waals surface area (Å²) in [4.78, 5) is 17.0. The molecule has 0 saturated heterocycles. The lowest BCUT2D eigenvalue weighted by atomic mass is 10.1. The maximum atomic E-state index is 10.9. The van der Waals surface area contributed by atoms with Gasteiger partial charge in [-0.25, -0.2) is 5.84 Å². The van der Waals surface area contributed by atoms with Gasteiger partial charge >= 0.3 is 5.97 Å². The zero-order valence-electron chi connectivity index (χ0n) is 8.91. The van der Waals surface area contributed by atoms with Crippen LogP contribution in [0.5, 0.6) is 0 Å². The highest BCUT2D eigenvalue weighted by atomic mass is 16.7. The van der Waals surface area contributed by atoms with Crippen molar-refractivity contribution in [2.24, 2.45) is 5.84 Å². The monoisotopic (exact) mass is 205 g/mol. The molecule has 0 spiro atoms. The van der Waals surface area contributed by atoms with Crippen molar-refractivity contribution in [1.82, 2.24) is 10.5 Å². The van der Waals surface area contributed by atoms with Crippen LogP contribution in [0, 0.1) is 0 Å². The van der Waals surface area contributed by atoms with Crippen molar-refractivity contribution in [2.75, 3.05) is 20.1 Å². The van der Waals surface area contributed by atoms with E-state index in [0.717, 1.165) is 0 Å². The highest BCUT2D eigenvalue weighted by Crippen LogP contribution is 2.03. The van der Waals surface area contributed by atoms with Crippen LogP contribution in [-0.4, -0.2) is 41.7 Å². The van der Waals surface area contributed by atoms with Crippen LogP contribution in [-0.2, 0) is 9.63 Å². The Kier molecular flexibility index (Phi) is 5.63. The van der Waals surface area contributed by atoms with Crippen LogP contribution in [0.3, 0.4) is 0 Å². The van der Waals surface area contributed by atoms with Gasteiger partial charge < -0.3 is 14.8 Å². The molecule has 14 heavy (non-hydrogen) atoms. The summed E-state index contributed by atoms with van der Waals surface area (Å²) in [6, 6.07) is 0. The normalized spacial score (nSPS) is 11.9. The molecule has 0 aliphatic heterocycles. The third kappa shape index (κ3) is 7.93. The minimum atomic E-state index is -0.759. The number of carbonyl (C=O) groups excluding carboxylic acids is 1. The molecule has 0 unspecified atom stereocenters. The van der Waals surface area contributed by atoms with E-state index in [9.17, 15) is 9.90 Å². The average molecular weight is 205 g/mol. The van der Waals surface area contributed by atoms with E-state index in [1.807, 2.05) is 17.5 Å². The molecule has 0 radical (unpaired) electrons. The number of carbonyl (C=O) groups is 1. The summed E-state index contributed by atoms with van der Waals surface area (Å²) in [5, 5.41) is 9.47. The van der Waals surface area contributed by atoms with Crippen molar-refractivity contribution in [3.05, 3.63) is 0 Å². The van der Waals surface area contributed by atoms with Crippen LogP contribution in [0.1, 0.15) is 20.3 Å². The van der Waals surface area contributed by atoms with Gasteiger partial charge in [0.25, 0.3) is 0 Å². The fourth-order valence-electron chi connectivity index (χ4n) is 1.14. The number of hydrogen-bond acceptors (Lipinski definition) is 6. The van der Waals surface area contributed by atoms with Crippen molar-refractivity contribution < 1.29 is 14.7 Å². The minimum absolute atomic E-state index is 0.233. The van der Waals surface area contributed by atoms with Crippen LogP contribution in [0.25, 0.3) is 0 Å². The number of nitrogens with two attached hydrogens (primary N) is 1. The van der Waals surface area contributed by atoms with Crippen LogP contribution in [0.4, 0.5) is 0 Å². The summed E-state index contributed by atoms with van der Waals surface area (Å²) in [5.41, 5.74) is 1.06. The van der Waals surface area contributed by atoms with Crippen molar-refractivity contribution >= 4 is 5.97 Å². The van der Waals surface area contributed by atoms with Gasteiger partial charge in [0, 0.05) is 13.1 Å². The second-order valence-corrected chi connectivity index (χ2v) is 3.89. The number of hydrazine groups is 1. The lowest BCUT2D eigenvalue weighted by molar-refractivity contribution is -0.151. The third-order valence-corrected chi connectivity index (χ3v) is 1.53. The molecule has 4 N–H and O–H groups in total. The lowest BCUT2D eigenvalue weighted by Crippen LogP contribution is -2.37. The van der Waals surface area contributed by atoms with Gasteiger partial charge in [0.1, 0.15) is 0 Å². The van der Waals surface area contributed by atoms with E-state index in [4.69, 9.17) is 5.84 Å². The summed E-state index contributed by atoms with van der Waals surface area (Å²) in [6.45, 7) is 4.44. The molecule has 0 aromatic heterocycles. The second kappa shape index (κ2) is 5.92. The Labute approximate surface area is 83.9 Å². The number of rotatable bonds is 6. The molecule has 84 valence electrons. The number of likely N-dealkylation sites (N-methyl/N-ethyl adjacent to an activating group) is 1. The molecular weight excluding hydrogens is 186 g/mol. The molecule has 0 bridgehead atoms. The molecule has 0 atom stereocenters. The Balaban J connectivity index is 3.63. The molecule has 0 saturated carbocycles. The van der Waals surface area contributed by atoms with E-state index >= 15 is 0 Å². The highest BCUT2D eigenvalue weighted by Gasteiger charge is 2.16. The van der Waals surface area contributed by atoms with Crippen LogP contribution in [0.15, 0.2) is 0 Å². The van der Waals surface area contributed by atoms with Crippen LogP contribution in [0.2, 0.25) is 0 Å². The van der Waals surface area contributed by atoms with Crippen LogP contribution < -0.4 is 11.4 Å². The first-order valence-electron chi connectivity index (χ1n) is 4.41. The number of nitrogens with one attached hydrogen (secondary N) is 1. The maximum absolute atomic E-state index is 10.9. The van der Waals surface area contributed by atoms with Gasteiger partial charge in [0.05, 0.1) is 12.0 Å². The van der Waals surface area contributed by atoms with Crippen molar-refractivity contribution in [1.29, 1.82) is 0 Å². The highest BCUT2D eigenvalue weighted by molar-refractivity contribution is 5.69. The molecule has 6 heteroatoms. The summed E-state index contributed by atoms with van der Waals surface area (Å²) in [6.07, 6.45) is 0.233. The Hall–Kier alpha value is -0.690. The quantitative estimate of drug-likeness (QED) is 0.381. The first-order chi connectivity index (χ1) is 6.35. The average Bonchev–Trinajstić information content (AvgIpc) is 1.98. The standard InChI is InChI=1S/C8H19N3O3/c1-8(2,13)6-11(3)5-4-7(12)14-10-9/h10,13H,4-6,9H2,1-3H3. The van der Waals surface area contributed by atoms with E-state index in [1.54, 1.807) is 13.8 Å². The van der Waals surface area contributed by atoms with Gasteiger partial charge in [-0.2, -0.15) is 0 Å². The van der Waals surface area contributed by atoms with Crippen molar-refractivity contribution in [3.8, 4) is 0 Å². The van der Waals surface area contributed by atoms with Gasteiger partial charge in [0.15, 0.2) is 0 Å². The van der Waals surface area contributed by atoms with Crippen LogP contribution >= 0.6 is 0 Å². The van der Waals surface area contributed by atoms with Gasteiger partial charge in [-0.15, -0.1) is 0 Å². The maximum Gasteiger partial charge on any atom is 0.327 e. The van der Waals surface area contributed by atoms with Crippen molar-refractivity contribution in [2.45, 2.75) is 25.9 Å². The predicted octanol–water partition coefficient (Wildman–Crippen LogP) is -0.999. The molecular formula is C8H19N3O3. The SMILES string of the molecule is CN(CCC(=O)ONN)CC(C)(C)O. The zero-order valence-corrected chi connectivity index (χ0v) is 8.91. The Morgan fingerprint density at radius 3 is 2.64 bits per heavy atom. The van der Waals surface area contributed by atoms with E-state index in [0.29, 0.717) is 13.1 Å². The summed E-state index contributed by atoms with van der Waals surface area (Å²) >= 11 is 0. The third-order valence-electron chi connectivity index (χ3n) is 1.53. The Morgan fingerprint density at radius 2 is 2.21 bits per heavy atom. The predicted molar refractivity (Wildman–Crippen MR) is 51.8 cm³/mol. The van der Waals surface area contributed by atoms with Crippen molar-refractivity contribution in [3.63, 3.8) is 0 Å². The van der Waals surface area contributed by atoms with E-state index < -0.39 is 11.6 Å². The molecule has 0 amide bonds. The summed E-state index contributed by atoms with van der Waals surface area (Å²) < 4.78 is 0. The number of hydrogen-bond donors (Lipinski definition) is 3. The van der Waals surface area contributed by atoms with Gasteiger partial charge in [0.2, 0.25) is 0 Å². The van der Waals surface area contributed by atoms with Gasteiger partial charge in [-0.1, -0.05) is 5.59 Å². The first kappa shape index (κ1) is 13.3.